The molecule has 0 aliphatic rings. The molecule has 1 rings (SSSR count). The van der Waals surface area contributed by atoms with Crippen LogP contribution in [0.4, 0.5) is 9.18 Å². The first kappa shape index (κ1) is 17.7. The zero-order valence-electron chi connectivity index (χ0n) is 12.0. The molecule has 2 atom stereocenters. The summed E-state index contributed by atoms with van der Waals surface area (Å²) in [6.07, 6.45) is -0.207. The summed E-state index contributed by atoms with van der Waals surface area (Å²) in [5.41, 5.74) is 0.705. The summed E-state index contributed by atoms with van der Waals surface area (Å²) in [5, 5.41) is 14.8. The van der Waals surface area contributed by atoms with E-state index in [0.29, 0.717) is 18.5 Å². The lowest BCUT2D eigenvalue weighted by Crippen LogP contribution is -2.38. The third-order valence-corrected chi connectivity index (χ3v) is 3.20. The monoisotopic (exact) mass is 318 g/mol. The average Bonchev–Trinajstić information content (AvgIpc) is 2.42. The molecule has 0 aliphatic heterocycles. The Bertz CT molecular complexity index is 474. The topological polar surface area (TPSA) is 70.6 Å². The van der Waals surface area contributed by atoms with Gasteiger partial charge in [-0.05, 0) is 31.0 Å². The van der Waals surface area contributed by atoms with Crippen LogP contribution in [0.2, 0.25) is 5.02 Å². The summed E-state index contributed by atoms with van der Waals surface area (Å²) < 4.78 is 17.8. The molecule has 0 aliphatic carbocycles. The molecule has 2 amide bonds. The molecule has 0 radical (unpaired) electrons. The molecule has 0 fully saturated rings. The van der Waals surface area contributed by atoms with Crippen LogP contribution in [0.25, 0.3) is 0 Å². The summed E-state index contributed by atoms with van der Waals surface area (Å²) in [7, 11) is 1.50. The third-order valence-electron chi connectivity index (χ3n) is 2.91. The number of nitrogens with one attached hydrogen (secondary N) is 2. The SMILES string of the molecule is COCC(O)CCNC(=O)NC(C)c1ccc(F)c(Cl)c1. The second kappa shape index (κ2) is 8.81. The van der Waals surface area contributed by atoms with E-state index in [2.05, 4.69) is 10.6 Å². The van der Waals surface area contributed by atoms with Crippen molar-refractivity contribution >= 4 is 17.6 Å². The Balaban J connectivity index is 2.38. The quantitative estimate of drug-likeness (QED) is 0.722. The molecule has 1 aromatic carbocycles. The summed E-state index contributed by atoms with van der Waals surface area (Å²) >= 11 is 5.70. The highest BCUT2D eigenvalue weighted by Gasteiger charge is 2.11. The highest BCUT2D eigenvalue weighted by atomic mass is 35.5. The Kier molecular flexibility index (Phi) is 7.42. The highest BCUT2D eigenvalue weighted by Crippen LogP contribution is 2.20. The van der Waals surface area contributed by atoms with Crippen molar-refractivity contribution in [2.75, 3.05) is 20.3 Å². The number of urea groups is 1. The second-order valence-corrected chi connectivity index (χ2v) is 5.10. The molecule has 21 heavy (non-hydrogen) atoms. The van der Waals surface area contributed by atoms with Crippen molar-refractivity contribution in [2.24, 2.45) is 0 Å². The molecular weight excluding hydrogens is 299 g/mol. The van der Waals surface area contributed by atoms with Gasteiger partial charge < -0.3 is 20.5 Å². The Morgan fingerprint density at radius 3 is 2.86 bits per heavy atom. The minimum absolute atomic E-state index is 0.0178. The maximum Gasteiger partial charge on any atom is 0.315 e. The number of rotatable bonds is 7. The lowest BCUT2D eigenvalue weighted by atomic mass is 10.1. The standard InChI is InChI=1S/C14H20ClFN2O3/c1-9(10-3-4-13(16)12(15)7-10)18-14(20)17-6-5-11(19)8-21-2/h3-4,7,9,11,19H,5-6,8H2,1-2H3,(H2,17,18,20). The molecule has 0 spiro atoms. The van der Waals surface area contributed by atoms with Gasteiger partial charge in [-0.3, -0.25) is 0 Å². The molecule has 1 aromatic rings. The van der Waals surface area contributed by atoms with Gasteiger partial charge in [0.2, 0.25) is 0 Å². The number of methoxy groups -OCH3 is 1. The van der Waals surface area contributed by atoms with Gasteiger partial charge in [-0.15, -0.1) is 0 Å². The predicted molar refractivity (Wildman–Crippen MR) is 78.9 cm³/mol. The van der Waals surface area contributed by atoms with Crippen molar-refractivity contribution in [2.45, 2.75) is 25.5 Å². The fourth-order valence-corrected chi connectivity index (χ4v) is 1.93. The Morgan fingerprint density at radius 2 is 2.24 bits per heavy atom. The molecule has 7 heteroatoms. The molecule has 2 unspecified atom stereocenters. The zero-order chi connectivity index (χ0) is 15.8. The molecule has 0 saturated heterocycles. The smallest absolute Gasteiger partial charge is 0.315 e. The van der Waals surface area contributed by atoms with E-state index in [4.69, 9.17) is 16.3 Å². The summed E-state index contributed by atoms with van der Waals surface area (Å²) in [4.78, 5) is 11.7. The van der Waals surface area contributed by atoms with Crippen molar-refractivity contribution < 1.29 is 19.0 Å². The average molecular weight is 319 g/mol. The van der Waals surface area contributed by atoms with Crippen LogP contribution >= 0.6 is 11.6 Å². The van der Waals surface area contributed by atoms with Crippen molar-refractivity contribution in [1.82, 2.24) is 10.6 Å². The van der Waals surface area contributed by atoms with Gasteiger partial charge in [-0.1, -0.05) is 17.7 Å². The minimum Gasteiger partial charge on any atom is -0.391 e. The number of hydrogen-bond acceptors (Lipinski definition) is 3. The number of aliphatic hydroxyl groups excluding tert-OH is 1. The zero-order valence-corrected chi connectivity index (χ0v) is 12.8. The van der Waals surface area contributed by atoms with Crippen molar-refractivity contribution in [3.63, 3.8) is 0 Å². The van der Waals surface area contributed by atoms with Gasteiger partial charge in [0.1, 0.15) is 5.82 Å². The van der Waals surface area contributed by atoms with Crippen molar-refractivity contribution in [3.8, 4) is 0 Å². The lowest BCUT2D eigenvalue weighted by molar-refractivity contribution is 0.0598. The Morgan fingerprint density at radius 1 is 1.52 bits per heavy atom. The number of aliphatic hydroxyl groups is 1. The maximum atomic E-state index is 13.1. The van der Waals surface area contributed by atoms with Crippen LogP contribution in [-0.4, -0.2) is 37.5 Å². The number of carbonyl (C=O) groups is 1. The molecule has 0 saturated carbocycles. The van der Waals surface area contributed by atoms with E-state index in [0.717, 1.165) is 0 Å². The normalized spacial score (nSPS) is 13.6. The van der Waals surface area contributed by atoms with E-state index in [9.17, 15) is 14.3 Å². The number of carbonyl (C=O) groups excluding carboxylic acids is 1. The van der Waals surface area contributed by atoms with Crippen LogP contribution in [-0.2, 0) is 4.74 Å². The van der Waals surface area contributed by atoms with Gasteiger partial charge in [-0.25, -0.2) is 9.18 Å². The van der Waals surface area contributed by atoms with E-state index in [1.807, 2.05) is 0 Å². The van der Waals surface area contributed by atoms with Crippen LogP contribution in [0, 0.1) is 5.82 Å². The molecule has 118 valence electrons. The maximum absolute atomic E-state index is 13.1. The first-order valence-electron chi connectivity index (χ1n) is 6.60. The molecule has 0 bridgehead atoms. The summed E-state index contributed by atoms with van der Waals surface area (Å²) in [5.74, 6) is -0.496. The molecule has 0 aromatic heterocycles. The van der Waals surface area contributed by atoms with Gasteiger partial charge in [0.25, 0.3) is 0 Å². The fraction of sp³-hybridized carbons (Fsp3) is 0.500. The van der Waals surface area contributed by atoms with Gasteiger partial charge in [0.05, 0.1) is 23.8 Å². The van der Waals surface area contributed by atoms with Crippen LogP contribution in [0.15, 0.2) is 18.2 Å². The largest absolute Gasteiger partial charge is 0.391 e. The first-order chi connectivity index (χ1) is 9.93. The van der Waals surface area contributed by atoms with E-state index < -0.39 is 11.9 Å². The van der Waals surface area contributed by atoms with Gasteiger partial charge in [0.15, 0.2) is 0 Å². The van der Waals surface area contributed by atoms with E-state index in [1.165, 1.54) is 19.2 Å². The van der Waals surface area contributed by atoms with Crippen molar-refractivity contribution in [3.05, 3.63) is 34.6 Å². The van der Waals surface area contributed by atoms with Crippen LogP contribution in [0.1, 0.15) is 24.9 Å². The molecule has 0 heterocycles. The molecule has 3 N–H and O–H groups in total. The van der Waals surface area contributed by atoms with Crippen molar-refractivity contribution in [1.29, 1.82) is 0 Å². The second-order valence-electron chi connectivity index (χ2n) is 4.69. The van der Waals surface area contributed by atoms with Crippen LogP contribution < -0.4 is 10.6 Å². The van der Waals surface area contributed by atoms with E-state index in [-0.39, 0.29) is 23.7 Å². The van der Waals surface area contributed by atoms with Gasteiger partial charge in [-0.2, -0.15) is 0 Å². The number of hydrogen-bond donors (Lipinski definition) is 3. The van der Waals surface area contributed by atoms with Gasteiger partial charge >= 0.3 is 6.03 Å². The van der Waals surface area contributed by atoms with Crippen LogP contribution in [0.5, 0.6) is 0 Å². The third kappa shape index (κ3) is 6.29. The number of halogens is 2. The minimum atomic E-state index is -0.608. The highest BCUT2D eigenvalue weighted by molar-refractivity contribution is 6.30. The summed E-state index contributed by atoms with van der Waals surface area (Å²) in [6, 6.07) is 3.62. The fourth-order valence-electron chi connectivity index (χ4n) is 1.74. The summed E-state index contributed by atoms with van der Waals surface area (Å²) in [6.45, 7) is 2.32. The molecule has 5 nitrogen and oxygen atoms in total. The molecular formula is C14H20ClFN2O3. The van der Waals surface area contributed by atoms with Crippen LogP contribution in [0.3, 0.4) is 0 Å². The number of benzene rings is 1. The van der Waals surface area contributed by atoms with E-state index >= 15 is 0 Å². The van der Waals surface area contributed by atoms with E-state index in [1.54, 1.807) is 13.0 Å². The Labute approximate surface area is 128 Å². The number of amides is 2. The lowest BCUT2D eigenvalue weighted by Gasteiger charge is -2.16. The first-order valence-corrected chi connectivity index (χ1v) is 6.98. The predicted octanol–water partition coefficient (Wildman–Crippen LogP) is 2.24. The number of ether oxygens (including phenoxy) is 1. The van der Waals surface area contributed by atoms with Gasteiger partial charge in [0, 0.05) is 13.7 Å². The Hall–Kier alpha value is -1.37.